The van der Waals surface area contributed by atoms with Crippen molar-refractivity contribution in [1.29, 1.82) is 0 Å². The van der Waals surface area contributed by atoms with Crippen molar-refractivity contribution in [1.82, 2.24) is 10.2 Å². The molecule has 0 bridgehead atoms. The fourth-order valence-electron chi connectivity index (χ4n) is 5.05. The summed E-state index contributed by atoms with van der Waals surface area (Å²) in [6.07, 6.45) is 10.9. The molecule has 2 aromatic rings. The lowest BCUT2D eigenvalue weighted by molar-refractivity contribution is 0.175. The average Bonchev–Trinajstić information content (AvgIpc) is 2.83. The second kappa shape index (κ2) is 17.2. The molecule has 7 heteroatoms. The summed E-state index contributed by atoms with van der Waals surface area (Å²) >= 11 is 0. The summed E-state index contributed by atoms with van der Waals surface area (Å²) in [5.74, 6) is 0.493. The Morgan fingerprint density at radius 2 is 1.60 bits per heavy atom. The Balaban J connectivity index is 0.00000306. The van der Waals surface area contributed by atoms with Crippen molar-refractivity contribution in [3.8, 4) is 17.2 Å². The van der Waals surface area contributed by atoms with Gasteiger partial charge in [-0.3, -0.25) is 0 Å². The number of aromatic hydroxyl groups is 3. The Morgan fingerprint density at radius 3 is 2.37 bits per heavy atom. The van der Waals surface area contributed by atoms with E-state index in [9.17, 15) is 15.3 Å². The summed E-state index contributed by atoms with van der Waals surface area (Å²) in [7, 11) is 0. The van der Waals surface area contributed by atoms with E-state index >= 15 is 0 Å². The van der Waals surface area contributed by atoms with Crippen molar-refractivity contribution < 1.29 is 15.3 Å². The number of nitrogens with one attached hydrogen (secondary N) is 1. The number of rotatable bonds is 14. The number of hydrogen-bond acceptors (Lipinski definition) is 5. The van der Waals surface area contributed by atoms with Crippen molar-refractivity contribution in [2.24, 2.45) is 0 Å². The Bertz CT molecular complexity index is 866. The van der Waals surface area contributed by atoms with E-state index in [-0.39, 0.29) is 45.5 Å². The monoisotopic (exact) mass is 614 g/mol. The summed E-state index contributed by atoms with van der Waals surface area (Å²) in [6, 6.07) is 11.7. The predicted molar refractivity (Wildman–Crippen MR) is 156 cm³/mol. The van der Waals surface area contributed by atoms with E-state index in [2.05, 4.69) is 17.1 Å². The average molecular weight is 616 g/mol. The fourth-order valence-corrected chi connectivity index (χ4v) is 5.05. The van der Waals surface area contributed by atoms with Crippen LogP contribution >= 0.6 is 34.0 Å². The molecule has 5 nitrogen and oxygen atoms in total. The van der Waals surface area contributed by atoms with Crippen LogP contribution in [-0.4, -0.2) is 52.4 Å². The quantitative estimate of drug-likeness (QED) is 0.148. The van der Waals surface area contributed by atoms with E-state index in [4.69, 9.17) is 0 Å². The van der Waals surface area contributed by atoms with E-state index in [0.717, 1.165) is 75.8 Å². The highest BCUT2D eigenvalue weighted by molar-refractivity contribution is 8.93. The standard InChI is InChI=1S/C28H42N2O3.2BrH/c1-2-19-30(24-14-15-25-23(21-24)13-16-27(32)28(25)33)20-8-4-3-7-17-29-18-9-11-22-10-5-6-12-26(22)31;;/h5-6,10,12-13,16,24,29,31-33H,2-4,7-9,11,14-15,17-21H2,1H3;2*1H/t24-;;/m0../s1. The van der Waals surface area contributed by atoms with Gasteiger partial charge in [-0.2, -0.15) is 0 Å². The molecule has 1 aliphatic carbocycles. The number of benzene rings is 2. The third-order valence-corrected chi connectivity index (χ3v) is 6.91. The van der Waals surface area contributed by atoms with Crippen LogP contribution in [0.3, 0.4) is 0 Å². The molecule has 0 saturated carbocycles. The second-order valence-electron chi connectivity index (χ2n) is 9.40. The Kier molecular flexibility index (Phi) is 15.6. The summed E-state index contributed by atoms with van der Waals surface area (Å²) in [4.78, 5) is 2.64. The normalized spacial score (nSPS) is 14.7. The van der Waals surface area contributed by atoms with Gasteiger partial charge in [0.15, 0.2) is 11.5 Å². The van der Waals surface area contributed by atoms with Crippen LogP contribution in [0.1, 0.15) is 68.6 Å². The maximum absolute atomic E-state index is 10.1. The maximum atomic E-state index is 10.1. The summed E-state index contributed by atoms with van der Waals surface area (Å²) in [5, 5.41) is 33.3. The zero-order valence-corrected chi connectivity index (χ0v) is 24.5. The first-order valence-electron chi connectivity index (χ1n) is 12.8. The van der Waals surface area contributed by atoms with Crippen molar-refractivity contribution in [2.75, 3.05) is 26.2 Å². The van der Waals surface area contributed by atoms with Gasteiger partial charge in [0.1, 0.15) is 5.75 Å². The third kappa shape index (κ3) is 9.95. The number of halogens is 2. The highest BCUT2D eigenvalue weighted by Gasteiger charge is 2.26. The van der Waals surface area contributed by atoms with Crippen LogP contribution in [0, 0.1) is 0 Å². The molecule has 0 fully saturated rings. The Labute approximate surface area is 232 Å². The minimum Gasteiger partial charge on any atom is -0.508 e. The molecular weight excluding hydrogens is 572 g/mol. The maximum Gasteiger partial charge on any atom is 0.160 e. The lowest BCUT2D eigenvalue weighted by atomic mass is 9.86. The summed E-state index contributed by atoms with van der Waals surface area (Å²) < 4.78 is 0. The van der Waals surface area contributed by atoms with Crippen LogP contribution in [0.2, 0.25) is 0 Å². The van der Waals surface area contributed by atoms with Crippen molar-refractivity contribution in [3.63, 3.8) is 0 Å². The minimum absolute atomic E-state index is 0. The lowest BCUT2D eigenvalue weighted by Gasteiger charge is -2.35. The highest BCUT2D eigenvalue weighted by Crippen LogP contribution is 2.36. The van der Waals surface area contributed by atoms with Gasteiger partial charge in [0.05, 0.1) is 0 Å². The molecule has 0 heterocycles. The molecule has 0 amide bonds. The molecule has 35 heavy (non-hydrogen) atoms. The van der Waals surface area contributed by atoms with Crippen molar-refractivity contribution in [2.45, 2.75) is 77.2 Å². The topological polar surface area (TPSA) is 76.0 Å². The molecule has 3 rings (SSSR count). The van der Waals surface area contributed by atoms with Gasteiger partial charge in [-0.15, -0.1) is 34.0 Å². The molecule has 0 saturated heterocycles. The number of hydrogen-bond donors (Lipinski definition) is 4. The van der Waals surface area contributed by atoms with Gasteiger partial charge in [-0.25, -0.2) is 0 Å². The number of phenolic OH excluding ortho intramolecular Hbond substituents is 3. The van der Waals surface area contributed by atoms with Crippen LogP contribution in [0.25, 0.3) is 0 Å². The van der Waals surface area contributed by atoms with Gasteiger partial charge in [-0.1, -0.05) is 44.0 Å². The van der Waals surface area contributed by atoms with Gasteiger partial charge in [0.2, 0.25) is 0 Å². The lowest BCUT2D eigenvalue weighted by Crippen LogP contribution is -2.40. The van der Waals surface area contributed by atoms with Crippen LogP contribution in [0.15, 0.2) is 36.4 Å². The van der Waals surface area contributed by atoms with Crippen LogP contribution in [-0.2, 0) is 19.3 Å². The third-order valence-electron chi connectivity index (χ3n) is 6.91. The number of para-hydroxylation sites is 1. The predicted octanol–water partition coefficient (Wildman–Crippen LogP) is 6.31. The van der Waals surface area contributed by atoms with E-state index < -0.39 is 0 Å². The highest BCUT2D eigenvalue weighted by atomic mass is 79.9. The van der Waals surface area contributed by atoms with E-state index in [1.54, 1.807) is 12.1 Å². The SMILES string of the molecule is Br.Br.CCCN(CCCCCCNCCCc1ccccc1O)[C@H]1CCc2c(ccc(O)c2O)C1. The second-order valence-corrected chi connectivity index (χ2v) is 9.40. The van der Waals surface area contributed by atoms with Crippen LogP contribution < -0.4 is 5.32 Å². The molecule has 0 aromatic heterocycles. The number of fused-ring (bicyclic) bond motifs is 1. The fraction of sp³-hybridized carbons (Fsp3) is 0.571. The zero-order valence-electron chi connectivity index (χ0n) is 21.0. The molecule has 4 N–H and O–H groups in total. The van der Waals surface area contributed by atoms with Crippen molar-refractivity contribution >= 4 is 34.0 Å². The van der Waals surface area contributed by atoms with Gasteiger partial charge in [-0.05, 0) is 101 Å². The number of nitrogens with zero attached hydrogens (tertiary/aromatic N) is 1. The molecule has 0 unspecified atom stereocenters. The molecule has 198 valence electrons. The van der Waals surface area contributed by atoms with Gasteiger partial charge >= 0.3 is 0 Å². The van der Waals surface area contributed by atoms with Crippen LogP contribution in [0.5, 0.6) is 17.2 Å². The Hall–Kier alpha value is -1.28. The van der Waals surface area contributed by atoms with Gasteiger partial charge < -0.3 is 25.5 Å². The zero-order chi connectivity index (χ0) is 23.5. The molecule has 0 spiro atoms. The number of unbranched alkanes of at least 4 members (excludes halogenated alkanes) is 3. The molecule has 0 aliphatic heterocycles. The molecular formula is C28H44Br2N2O3. The first-order valence-corrected chi connectivity index (χ1v) is 12.8. The molecule has 1 aliphatic rings. The Morgan fingerprint density at radius 1 is 0.857 bits per heavy atom. The van der Waals surface area contributed by atoms with Gasteiger partial charge in [0, 0.05) is 11.6 Å². The minimum atomic E-state index is 0. The molecule has 0 radical (unpaired) electrons. The van der Waals surface area contributed by atoms with E-state index in [1.165, 1.54) is 31.2 Å². The number of phenols is 3. The van der Waals surface area contributed by atoms with Gasteiger partial charge in [0.25, 0.3) is 0 Å². The smallest absolute Gasteiger partial charge is 0.160 e. The van der Waals surface area contributed by atoms with E-state index in [0.29, 0.717) is 11.8 Å². The summed E-state index contributed by atoms with van der Waals surface area (Å²) in [6.45, 7) is 6.58. The largest absolute Gasteiger partial charge is 0.508 e. The first kappa shape index (κ1) is 31.7. The van der Waals surface area contributed by atoms with Crippen LogP contribution in [0.4, 0.5) is 0 Å². The van der Waals surface area contributed by atoms with E-state index in [1.807, 2.05) is 24.3 Å². The number of aryl methyl sites for hydroxylation is 1. The molecule has 1 atom stereocenters. The van der Waals surface area contributed by atoms with Crippen molar-refractivity contribution in [3.05, 3.63) is 53.1 Å². The first-order chi connectivity index (χ1) is 16.1. The summed E-state index contributed by atoms with van der Waals surface area (Å²) in [5.41, 5.74) is 3.17. The molecule has 2 aromatic carbocycles.